The van der Waals surface area contributed by atoms with Crippen molar-refractivity contribution in [1.82, 2.24) is 0 Å². The molecular weight excluding hydrogens is 180 g/mol. The van der Waals surface area contributed by atoms with Gasteiger partial charge in [-0.3, -0.25) is 0 Å². The van der Waals surface area contributed by atoms with Crippen molar-refractivity contribution >= 4 is 36.2 Å². The zero-order valence-corrected chi connectivity index (χ0v) is 8.57. The van der Waals surface area contributed by atoms with Crippen LogP contribution in [-0.2, 0) is 0 Å². The van der Waals surface area contributed by atoms with E-state index in [1.807, 2.05) is 23.5 Å². The van der Waals surface area contributed by atoms with Gasteiger partial charge in [-0.15, -0.1) is 23.5 Å². The molecule has 0 fully saturated rings. The number of hydrogen-bond donors (Lipinski definition) is 1. The van der Waals surface area contributed by atoms with Gasteiger partial charge in [0.25, 0.3) is 0 Å². The van der Waals surface area contributed by atoms with Crippen molar-refractivity contribution in [2.75, 3.05) is 5.75 Å². The molecule has 1 aliphatic rings. The largest absolute Gasteiger partial charge is 0.174 e. The second kappa shape index (κ2) is 4.62. The van der Waals surface area contributed by atoms with E-state index in [1.54, 1.807) is 0 Å². The second-order valence-corrected chi connectivity index (χ2v) is 5.24. The summed E-state index contributed by atoms with van der Waals surface area (Å²) < 4.78 is 0.784. The first-order valence-electron chi connectivity index (χ1n) is 3.49. The predicted molar refractivity (Wildman–Crippen MR) is 55.8 cm³/mol. The average molecular weight is 192 g/mol. The van der Waals surface area contributed by atoms with Gasteiger partial charge < -0.3 is 0 Å². The smallest absolute Gasteiger partial charge is 0.0588 e. The molecule has 0 bridgehead atoms. The van der Waals surface area contributed by atoms with Crippen molar-refractivity contribution in [1.29, 1.82) is 0 Å². The van der Waals surface area contributed by atoms with Crippen molar-refractivity contribution < 1.29 is 0 Å². The summed E-state index contributed by atoms with van der Waals surface area (Å²) in [4.78, 5) is 1.44. The van der Waals surface area contributed by atoms with Crippen LogP contribution >= 0.6 is 36.2 Å². The fraction of sp³-hybridized carbons (Fsp3) is 0.714. The third-order valence-corrected chi connectivity index (χ3v) is 4.66. The molecule has 0 nitrogen and oxygen atoms in total. The second-order valence-electron chi connectivity index (χ2n) is 2.21. The molecule has 0 spiro atoms. The predicted octanol–water partition coefficient (Wildman–Crippen LogP) is 3.36. The Hall–Kier alpha value is 0.790. The fourth-order valence-corrected chi connectivity index (χ4v) is 3.92. The van der Waals surface area contributed by atoms with E-state index in [0.29, 0.717) is 0 Å². The van der Waals surface area contributed by atoms with Gasteiger partial charge in [0, 0.05) is 10.7 Å². The Kier molecular flexibility index (Phi) is 4.11. The van der Waals surface area contributed by atoms with Crippen LogP contribution in [0.5, 0.6) is 0 Å². The Balaban J connectivity index is 2.22. The van der Waals surface area contributed by atoms with Crippen LogP contribution in [0.25, 0.3) is 0 Å². The van der Waals surface area contributed by atoms with E-state index in [9.17, 15) is 0 Å². The lowest BCUT2D eigenvalue weighted by Gasteiger charge is -2.04. The monoisotopic (exact) mass is 192 g/mol. The molecule has 1 rings (SSSR count). The molecule has 1 heterocycles. The Morgan fingerprint density at radius 3 is 3.00 bits per heavy atom. The zero-order chi connectivity index (χ0) is 7.40. The summed E-state index contributed by atoms with van der Waals surface area (Å²) in [6.07, 6.45) is 2.61. The molecule has 1 aliphatic heterocycles. The minimum Gasteiger partial charge on any atom is -0.174 e. The third-order valence-electron chi connectivity index (χ3n) is 1.31. The molecule has 0 N–H and O–H groups in total. The Morgan fingerprint density at radius 2 is 2.50 bits per heavy atom. The topological polar surface area (TPSA) is 0 Å². The first kappa shape index (κ1) is 8.88. The van der Waals surface area contributed by atoms with Gasteiger partial charge >= 0.3 is 0 Å². The average Bonchev–Trinajstić information content (AvgIpc) is 2.37. The molecule has 1 atom stereocenters. The molecule has 0 aliphatic carbocycles. The molecule has 3 heteroatoms. The van der Waals surface area contributed by atoms with E-state index < -0.39 is 0 Å². The summed E-state index contributed by atoms with van der Waals surface area (Å²) in [6, 6.07) is 0. The summed E-state index contributed by atoms with van der Waals surface area (Å²) in [5.74, 6) is 0.915. The van der Waals surface area contributed by atoms with Crippen LogP contribution in [0.3, 0.4) is 0 Å². The summed E-state index contributed by atoms with van der Waals surface area (Å²) >= 11 is 8.16. The Morgan fingerprint density at radius 1 is 1.70 bits per heavy atom. The van der Waals surface area contributed by atoms with E-state index >= 15 is 0 Å². The van der Waals surface area contributed by atoms with E-state index in [-0.39, 0.29) is 0 Å². The van der Waals surface area contributed by atoms with Crippen LogP contribution in [0.15, 0.2) is 10.3 Å². The van der Waals surface area contributed by atoms with E-state index in [2.05, 4.69) is 25.0 Å². The van der Waals surface area contributed by atoms with Crippen LogP contribution in [0.1, 0.15) is 19.8 Å². The number of hydrogen-bond acceptors (Lipinski definition) is 3. The fourth-order valence-electron chi connectivity index (χ4n) is 0.813. The van der Waals surface area contributed by atoms with Gasteiger partial charge in [0.2, 0.25) is 0 Å². The lowest BCUT2D eigenvalue weighted by molar-refractivity contribution is 0.873. The van der Waals surface area contributed by atoms with Crippen LogP contribution in [0.4, 0.5) is 0 Å². The maximum Gasteiger partial charge on any atom is 0.0588 e. The first-order valence-corrected chi connectivity index (χ1v) is 5.94. The normalized spacial score (nSPS) is 25.0. The maximum atomic E-state index is 4.22. The molecule has 1 unspecified atom stereocenters. The molecule has 0 radical (unpaired) electrons. The Labute approximate surface area is 76.6 Å². The van der Waals surface area contributed by atoms with Crippen LogP contribution in [-0.4, -0.2) is 10.3 Å². The van der Waals surface area contributed by atoms with Gasteiger partial charge in [0.05, 0.1) is 4.58 Å². The highest BCUT2D eigenvalue weighted by Crippen LogP contribution is 2.42. The molecule has 10 heavy (non-hydrogen) atoms. The van der Waals surface area contributed by atoms with Crippen LogP contribution in [0, 0.1) is 0 Å². The van der Waals surface area contributed by atoms with Crippen LogP contribution in [0.2, 0.25) is 0 Å². The Bertz CT molecular complexity index is 131. The van der Waals surface area contributed by atoms with Gasteiger partial charge in [-0.25, -0.2) is 0 Å². The standard InChI is InChI=1S/C7H12S3/c1-2-3-7-9-5-6(4-8)10-7/h5,7-8H,2-4H2,1H3. The highest BCUT2D eigenvalue weighted by Gasteiger charge is 2.15. The molecule has 0 aromatic rings. The van der Waals surface area contributed by atoms with Gasteiger partial charge in [-0.1, -0.05) is 13.3 Å². The lowest BCUT2D eigenvalue weighted by Crippen LogP contribution is -1.89. The summed E-state index contributed by atoms with van der Waals surface area (Å²) in [5.41, 5.74) is 0. The number of thioether (sulfide) groups is 2. The van der Waals surface area contributed by atoms with Gasteiger partial charge in [-0.2, -0.15) is 12.6 Å². The van der Waals surface area contributed by atoms with Gasteiger partial charge in [0.1, 0.15) is 0 Å². The molecule has 0 aromatic carbocycles. The minimum absolute atomic E-state index is 0.784. The number of thiol groups is 1. The van der Waals surface area contributed by atoms with Gasteiger partial charge in [-0.05, 0) is 11.8 Å². The highest BCUT2D eigenvalue weighted by molar-refractivity contribution is 8.23. The van der Waals surface area contributed by atoms with Crippen LogP contribution < -0.4 is 0 Å². The van der Waals surface area contributed by atoms with E-state index in [4.69, 9.17) is 0 Å². The third kappa shape index (κ3) is 2.44. The maximum absolute atomic E-state index is 4.22. The summed E-state index contributed by atoms with van der Waals surface area (Å²) in [6.45, 7) is 2.24. The van der Waals surface area contributed by atoms with Crippen molar-refractivity contribution in [2.24, 2.45) is 0 Å². The minimum atomic E-state index is 0.784. The van der Waals surface area contributed by atoms with E-state index in [1.165, 1.54) is 17.7 Å². The van der Waals surface area contributed by atoms with Crippen molar-refractivity contribution in [3.05, 3.63) is 10.3 Å². The van der Waals surface area contributed by atoms with Gasteiger partial charge in [0.15, 0.2) is 0 Å². The highest BCUT2D eigenvalue weighted by atomic mass is 32.2. The van der Waals surface area contributed by atoms with Crippen molar-refractivity contribution in [2.45, 2.75) is 24.3 Å². The lowest BCUT2D eigenvalue weighted by atomic mass is 10.4. The molecule has 58 valence electrons. The SMILES string of the molecule is CCCC1SC=C(CS)S1. The molecule has 0 saturated carbocycles. The molecule has 0 aromatic heterocycles. The van der Waals surface area contributed by atoms with E-state index in [0.717, 1.165) is 10.3 Å². The molecular formula is C7H12S3. The summed E-state index contributed by atoms with van der Waals surface area (Å²) in [5, 5.41) is 2.25. The zero-order valence-electron chi connectivity index (χ0n) is 6.04. The summed E-state index contributed by atoms with van der Waals surface area (Å²) in [7, 11) is 0. The molecule has 0 amide bonds. The van der Waals surface area contributed by atoms with Crippen molar-refractivity contribution in [3.8, 4) is 0 Å². The first-order chi connectivity index (χ1) is 4.86. The quantitative estimate of drug-likeness (QED) is 0.681. The van der Waals surface area contributed by atoms with Crippen molar-refractivity contribution in [3.63, 3.8) is 0 Å². The number of rotatable bonds is 3. The molecule has 0 saturated heterocycles.